The van der Waals surface area contributed by atoms with Crippen molar-refractivity contribution in [2.24, 2.45) is 0 Å². The number of hydrogen-bond acceptors (Lipinski definition) is 4. The van der Waals surface area contributed by atoms with Gasteiger partial charge in [0, 0.05) is 17.8 Å². The minimum Gasteiger partial charge on any atom is -0.491 e. The maximum atomic E-state index is 14.0. The molecular formula is C18H15F4N3O3S. The lowest BCUT2D eigenvalue weighted by molar-refractivity contribution is -0.115. The van der Waals surface area contributed by atoms with E-state index in [1.807, 2.05) is 5.32 Å². The zero-order valence-corrected chi connectivity index (χ0v) is 16.0. The molecule has 0 spiro atoms. The Morgan fingerprint density at radius 1 is 1.00 bits per heavy atom. The first kappa shape index (κ1) is 22.1. The van der Waals surface area contributed by atoms with Gasteiger partial charge in [0.05, 0.1) is 7.11 Å². The average Bonchev–Trinajstić information content (AvgIpc) is 2.67. The van der Waals surface area contributed by atoms with Gasteiger partial charge in [0.25, 0.3) is 5.91 Å². The molecule has 0 unspecified atom stereocenters. The first-order chi connectivity index (χ1) is 13.7. The first-order valence-corrected chi connectivity index (χ1v) is 8.52. The lowest BCUT2D eigenvalue weighted by Crippen LogP contribution is -2.35. The largest absolute Gasteiger partial charge is 0.491 e. The minimum absolute atomic E-state index is 0.229. The third-order valence-electron chi connectivity index (χ3n) is 3.61. The third kappa shape index (κ3) is 4.99. The molecule has 0 radical (unpaired) electrons. The van der Waals surface area contributed by atoms with Crippen LogP contribution in [0.2, 0.25) is 0 Å². The number of halogens is 4. The van der Waals surface area contributed by atoms with E-state index >= 15 is 0 Å². The maximum Gasteiger partial charge on any atom is 0.263 e. The summed E-state index contributed by atoms with van der Waals surface area (Å²) >= 11 is 4.88. The van der Waals surface area contributed by atoms with Gasteiger partial charge in [-0.1, -0.05) is 13.0 Å². The van der Waals surface area contributed by atoms with Crippen LogP contribution < -0.4 is 20.7 Å². The molecule has 0 bridgehead atoms. The van der Waals surface area contributed by atoms with Crippen LogP contribution in [0, 0.1) is 23.3 Å². The average molecular weight is 429 g/mol. The number of carbonyl (C=O) groups excluding carboxylic acids is 2. The minimum atomic E-state index is -1.93. The van der Waals surface area contributed by atoms with Crippen LogP contribution in [0.25, 0.3) is 0 Å². The molecule has 2 aromatic carbocycles. The number of methoxy groups -OCH3 is 1. The summed E-state index contributed by atoms with van der Waals surface area (Å²) in [6.45, 7) is 1.67. The van der Waals surface area contributed by atoms with E-state index in [1.54, 1.807) is 19.1 Å². The van der Waals surface area contributed by atoms with E-state index in [0.29, 0.717) is 11.4 Å². The van der Waals surface area contributed by atoms with Crippen molar-refractivity contribution in [1.29, 1.82) is 0 Å². The van der Waals surface area contributed by atoms with Crippen molar-refractivity contribution in [1.82, 2.24) is 5.32 Å². The molecule has 0 atom stereocenters. The molecule has 0 aliphatic carbocycles. The lowest BCUT2D eigenvalue weighted by Gasteiger charge is -2.13. The SMILES string of the molecule is CCC(=O)Nc1cccc(NC(=S)NC(=O)c2c(F)c(F)c(OC)c(F)c2F)c1. The normalized spacial score (nSPS) is 10.3. The van der Waals surface area contributed by atoms with Crippen molar-refractivity contribution in [3.63, 3.8) is 0 Å². The Hall–Kier alpha value is -3.21. The van der Waals surface area contributed by atoms with Gasteiger partial charge < -0.3 is 15.4 Å². The second kappa shape index (κ2) is 9.32. The van der Waals surface area contributed by atoms with Crippen molar-refractivity contribution in [2.45, 2.75) is 13.3 Å². The Labute approximate surface area is 168 Å². The summed E-state index contributed by atoms with van der Waals surface area (Å²) < 4.78 is 59.8. The Balaban J connectivity index is 2.17. The predicted octanol–water partition coefficient (Wildman–Crippen LogP) is 3.73. The van der Waals surface area contributed by atoms with Crippen molar-refractivity contribution < 1.29 is 31.9 Å². The van der Waals surface area contributed by atoms with E-state index in [-0.39, 0.29) is 12.3 Å². The van der Waals surface area contributed by atoms with Gasteiger partial charge in [0.2, 0.25) is 17.5 Å². The Bertz CT molecular complexity index is 956. The molecule has 0 fully saturated rings. The van der Waals surface area contributed by atoms with E-state index in [1.165, 1.54) is 12.1 Å². The van der Waals surface area contributed by atoms with Crippen LogP contribution in [0.3, 0.4) is 0 Å². The van der Waals surface area contributed by atoms with Gasteiger partial charge in [-0.3, -0.25) is 14.9 Å². The van der Waals surface area contributed by atoms with Gasteiger partial charge in [0.15, 0.2) is 22.5 Å². The fourth-order valence-corrected chi connectivity index (χ4v) is 2.45. The van der Waals surface area contributed by atoms with Crippen LogP contribution in [0.5, 0.6) is 5.75 Å². The lowest BCUT2D eigenvalue weighted by atomic mass is 10.1. The van der Waals surface area contributed by atoms with Crippen molar-refractivity contribution in [2.75, 3.05) is 17.7 Å². The van der Waals surface area contributed by atoms with Gasteiger partial charge in [-0.05, 0) is 30.4 Å². The molecule has 2 aromatic rings. The maximum absolute atomic E-state index is 14.0. The van der Waals surface area contributed by atoms with Crippen LogP contribution in [0.1, 0.15) is 23.7 Å². The highest BCUT2D eigenvalue weighted by molar-refractivity contribution is 7.80. The Morgan fingerprint density at radius 2 is 1.55 bits per heavy atom. The summed E-state index contributed by atoms with van der Waals surface area (Å²) in [7, 11) is 0.816. The summed E-state index contributed by atoms with van der Waals surface area (Å²) in [5.74, 6) is -10.6. The topological polar surface area (TPSA) is 79.5 Å². The quantitative estimate of drug-likeness (QED) is 0.384. The fraction of sp³-hybridized carbons (Fsp3) is 0.167. The molecule has 154 valence electrons. The number of thiocarbonyl (C=S) groups is 1. The van der Waals surface area contributed by atoms with Gasteiger partial charge >= 0.3 is 0 Å². The van der Waals surface area contributed by atoms with E-state index in [0.717, 1.165) is 7.11 Å². The van der Waals surface area contributed by atoms with Gasteiger partial charge in [-0.2, -0.15) is 8.78 Å². The molecule has 29 heavy (non-hydrogen) atoms. The molecular weight excluding hydrogens is 414 g/mol. The standard InChI is InChI=1S/C18H15F4N3O3S/c1-3-10(26)23-8-5-4-6-9(7-8)24-18(29)25-17(27)11-12(19)14(21)16(28-2)15(22)13(11)20/h4-7H,3H2,1-2H3,(H,23,26)(H2,24,25,27,29). The molecule has 11 heteroatoms. The zero-order chi connectivity index (χ0) is 21.7. The molecule has 0 heterocycles. The summed E-state index contributed by atoms with van der Waals surface area (Å²) in [6, 6.07) is 6.20. The van der Waals surface area contributed by atoms with E-state index < -0.39 is 45.6 Å². The summed E-state index contributed by atoms with van der Waals surface area (Å²) in [4.78, 5) is 23.5. The molecule has 6 nitrogen and oxygen atoms in total. The number of amides is 2. The van der Waals surface area contributed by atoms with Crippen LogP contribution in [0.4, 0.5) is 28.9 Å². The van der Waals surface area contributed by atoms with Crippen LogP contribution in [0.15, 0.2) is 24.3 Å². The second-order valence-electron chi connectivity index (χ2n) is 5.55. The van der Waals surface area contributed by atoms with Gasteiger partial charge in [0.1, 0.15) is 5.56 Å². The number of ether oxygens (including phenoxy) is 1. The van der Waals surface area contributed by atoms with E-state index in [2.05, 4.69) is 15.4 Å². The molecule has 3 N–H and O–H groups in total. The zero-order valence-electron chi connectivity index (χ0n) is 15.2. The number of carbonyl (C=O) groups is 2. The molecule has 0 aliphatic rings. The van der Waals surface area contributed by atoms with Crippen LogP contribution in [-0.4, -0.2) is 24.0 Å². The summed E-state index contributed by atoms with van der Waals surface area (Å²) in [5, 5.41) is 6.69. The monoisotopic (exact) mass is 429 g/mol. The van der Waals surface area contributed by atoms with Gasteiger partial charge in [-0.25, -0.2) is 8.78 Å². The smallest absolute Gasteiger partial charge is 0.263 e. The third-order valence-corrected chi connectivity index (χ3v) is 3.81. The highest BCUT2D eigenvalue weighted by atomic mass is 32.1. The molecule has 0 aromatic heterocycles. The predicted molar refractivity (Wildman–Crippen MR) is 102 cm³/mol. The van der Waals surface area contributed by atoms with Crippen molar-refractivity contribution in [3.05, 3.63) is 53.1 Å². The van der Waals surface area contributed by atoms with E-state index in [4.69, 9.17) is 12.2 Å². The molecule has 2 amide bonds. The highest BCUT2D eigenvalue weighted by Gasteiger charge is 2.30. The summed E-state index contributed by atoms with van der Waals surface area (Å²) in [5.41, 5.74) is -0.724. The first-order valence-electron chi connectivity index (χ1n) is 8.11. The number of rotatable bonds is 5. The van der Waals surface area contributed by atoms with Crippen LogP contribution in [-0.2, 0) is 4.79 Å². The van der Waals surface area contributed by atoms with Gasteiger partial charge in [-0.15, -0.1) is 0 Å². The Kier molecular flexibility index (Phi) is 7.10. The second-order valence-corrected chi connectivity index (χ2v) is 5.96. The molecule has 2 rings (SSSR count). The number of benzene rings is 2. The molecule has 0 saturated carbocycles. The Morgan fingerprint density at radius 3 is 2.07 bits per heavy atom. The van der Waals surface area contributed by atoms with Crippen molar-refractivity contribution in [3.8, 4) is 5.75 Å². The number of anilines is 2. The highest BCUT2D eigenvalue weighted by Crippen LogP contribution is 2.29. The van der Waals surface area contributed by atoms with E-state index in [9.17, 15) is 27.2 Å². The molecule has 0 aliphatic heterocycles. The number of hydrogen-bond donors (Lipinski definition) is 3. The molecule has 0 saturated heterocycles. The van der Waals surface area contributed by atoms with Crippen molar-refractivity contribution >= 4 is 40.5 Å². The van der Waals surface area contributed by atoms with Crippen LogP contribution >= 0.6 is 12.2 Å². The fourth-order valence-electron chi connectivity index (χ4n) is 2.24. The number of nitrogens with one attached hydrogen (secondary N) is 3. The summed E-state index contributed by atoms with van der Waals surface area (Å²) in [6.07, 6.45) is 0.262.